The van der Waals surface area contributed by atoms with Gasteiger partial charge in [0, 0.05) is 11.8 Å². The molecule has 10 heteroatoms. The molecule has 0 heterocycles. The summed E-state index contributed by atoms with van der Waals surface area (Å²) >= 11 is 0. The van der Waals surface area contributed by atoms with Crippen molar-refractivity contribution in [3.05, 3.63) is 59.7 Å². The van der Waals surface area contributed by atoms with Crippen LogP contribution in [0.2, 0.25) is 0 Å². The smallest absolute Gasteiger partial charge is 0.244 e. The van der Waals surface area contributed by atoms with Gasteiger partial charge in [-0.3, -0.25) is 4.79 Å². The van der Waals surface area contributed by atoms with Crippen molar-refractivity contribution in [2.45, 2.75) is 4.90 Å². The minimum Gasteiger partial charge on any atom is -0.325 e. The van der Waals surface area contributed by atoms with Crippen LogP contribution < -0.4 is 10.0 Å². The predicted molar refractivity (Wildman–Crippen MR) is 76.5 cm³/mol. The lowest BCUT2D eigenvalue weighted by Gasteiger charge is -2.09. The number of hydrogen-bond donors (Lipinski definition) is 2. The first kappa shape index (κ1) is 17.9. The van der Waals surface area contributed by atoms with Crippen molar-refractivity contribution in [1.82, 2.24) is 4.72 Å². The minimum absolute atomic E-state index is 0.0801. The summed E-state index contributed by atoms with van der Waals surface area (Å²) in [7, 11) is -4.59. The summed E-state index contributed by atoms with van der Waals surface area (Å²) in [6.45, 7) is -0.822. The number of carbonyl (C=O) groups excluding carboxylic acids is 1. The number of rotatable bonds is 5. The van der Waals surface area contributed by atoms with E-state index in [9.17, 15) is 30.8 Å². The Kier molecular flexibility index (Phi) is 5.20. The molecule has 0 fully saturated rings. The Morgan fingerprint density at radius 1 is 0.958 bits per heavy atom. The van der Waals surface area contributed by atoms with Gasteiger partial charge in [-0.15, -0.1) is 0 Å². The number of halogens is 4. The van der Waals surface area contributed by atoms with E-state index in [-0.39, 0.29) is 17.8 Å². The summed E-state index contributed by atoms with van der Waals surface area (Å²) in [5.74, 6) is -6.09. The quantitative estimate of drug-likeness (QED) is 0.632. The zero-order valence-corrected chi connectivity index (χ0v) is 12.6. The average molecular weight is 362 g/mol. The molecule has 5 nitrogen and oxygen atoms in total. The summed E-state index contributed by atoms with van der Waals surface area (Å²) < 4.78 is 77.7. The number of anilines is 1. The molecule has 24 heavy (non-hydrogen) atoms. The van der Waals surface area contributed by atoms with Gasteiger partial charge in [0.15, 0.2) is 11.6 Å². The lowest BCUT2D eigenvalue weighted by molar-refractivity contribution is -0.115. The Hall–Kier alpha value is -2.46. The van der Waals surface area contributed by atoms with E-state index in [2.05, 4.69) is 5.32 Å². The molecule has 0 aliphatic heterocycles. The average Bonchev–Trinajstić information content (AvgIpc) is 2.49. The Bertz CT molecular complexity index is 888. The molecule has 0 atom stereocenters. The Morgan fingerprint density at radius 2 is 1.62 bits per heavy atom. The van der Waals surface area contributed by atoms with E-state index in [4.69, 9.17) is 0 Å². The first-order chi connectivity index (χ1) is 11.2. The van der Waals surface area contributed by atoms with Gasteiger partial charge in [-0.2, -0.15) is 0 Å². The third-order valence-electron chi connectivity index (χ3n) is 2.80. The van der Waals surface area contributed by atoms with Crippen LogP contribution in [-0.2, 0) is 14.8 Å². The van der Waals surface area contributed by atoms with Crippen LogP contribution in [0.4, 0.5) is 23.2 Å². The highest BCUT2D eigenvalue weighted by Gasteiger charge is 2.22. The maximum absolute atomic E-state index is 13.5. The molecule has 2 aromatic rings. The van der Waals surface area contributed by atoms with Gasteiger partial charge >= 0.3 is 0 Å². The number of hydrogen-bond acceptors (Lipinski definition) is 3. The molecule has 0 saturated heterocycles. The van der Waals surface area contributed by atoms with Crippen molar-refractivity contribution in [1.29, 1.82) is 0 Å². The lowest BCUT2D eigenvalue weighted by atomic mass is 10.3. The van der Waals surface area contributed by atoms with Gasteiger partial charge in [-0.1, -0.05) is 6.07 Å². The second-order valence-electron chi connectivity index (χ2n) is 4.58. The van der Waals surface area contributed by atoms with Crippen molar-refractivity contribution in [2.75, 3.05) is 11.9 Å². The van der Waals surface area contributed by atoms with E-state index >= 15 is 0 Å². The Balaban J connectivity index is 2.07. The third kappa shape index (κ3) is 4.30. The largest absolute Gasteiger partial charge is 0.325 e. The van der Waals surface area contributed by atoms with E-state index in [1.165, 1.54) is 12.1 Å². The van der Waals surface area contributed by atoms with E-state index in [0.29, 0.717) is 0 Å². The van der Waals surface area contributed by atoms with Crippen molar-refractivity contribution in [3.8, 4) is 0 Å². The highest BCUT2D eigenvalue weighted by Crippen LogP contribution is 2.18. The van der Waals surface area contributed by atoms with Crippen molar-refractivity contribution in [3.63, 3.8) is 0 Å². The van der Waals surface area contributed by atoms with Crippen LogP contribution in [0.15, 0.2) is 41.3 Å². The van der Waals surface area contributed by atoms with Crippen LogP contribution in [0.3, 0.4) is 0 Å². The Morgan fingerprint density at radius 3 is 2.29 bits per heavy atom. The number of benzene rings is 2. The van der Waals surface area contributed by atoms with Crippen LogP contribution in [0.1, 0.15) is 0 Å². The van der Waals surface area contributed by atoms with Crippen LogP contribution in [0.25, 0.3) is 0 Å². The molecule has 0 unspecified atom stereocenters. The zero-order valence-electron chi connectivity index (χ0n) is 11.8. The van der Waals surface area contributed by atoms with Crippen molar-refractivity contribution in [2.24, 2.45) is 0 Å². The van der Waals surface area contributed by atoms with Gasteiger partial charge in [0.1, 0.15) is 16.5 Å². The van der Waals surface area contributed by atoms with Gasteiger partial charge in [0.05, 0.1) is 6.54 Å². The molecular weight excluding hydrogens is 352 g/mol. The van der Waals surface area contributed by atoms with Crippen LogP contribution in [0.5, 0.6) is 0 Å². The lowest BCUT2D eigenvalue weighted by Crippen LogP contribution is -2.33. The first-order valence-electron chi connectivity index (χ1n) is 6.38. The summed E-state index contributed by atoms with van der Waals surface area (Å²) in [6.07, 6.45) is 0. The minimum atomic E-state index is -4.59. The van der Waals surface area contributed by atoms with Gasteiger partial charge in [-0.25, -0.2) is 30.7 Å². The molecule has 0 saturated carbocycles. The first-order valence-corrected chi connectivity index (χ1v) is 7.87. The molecule has 0 spiro atoms. The Labute approximate surface area is 134 Å². The fourth-order valence-electron chi connectivity index (χ4n) is 1.72. The maximum Gasteiger partial charge on any atom is 0.244 e. The monoisotopic (exact) mass is 362 g/mol. The molecule has 2 N–H and O–H groups in total. The molecular formula is C14H10F4N2O3S. The van der Waals surface area contributed by atoms with Gasteiger partial charge in [0.25, 0.3) is 0 Å². The van der Waals surface area contributed by atoms with Crippen LogP contribution in [0, 0.1) is 23.3 Å². The van der Waals surface area contributed by atoms with Crippen LogP contribution in [-0.4, -0.2) is 20.9 Å². The normalized spacial score (nSPS) is 11.3. The number of carbonyl (C=O) groups is 1. The standard InChI is InChI=1S/C14H10F4N2O3S/c15-8-2-1-3-9(4-8)20-14(21)7-19-24(22,23)13-6-11(17)10(16)5-12(13)18/h1-6,19H,7H2,(H,20,21). The summed E-state index contributed by atoms with van der Waals surface area (Å²) in [4.78, 5) is 10.5. The molecule has 1 amide bonds. The fourth-order valence-corrected chi connectivity index (χ4v) is 2.77. The molecule has 0 aromatic heterocycles. The van der Waals surface area contributed by atoms with E-state index < -0.39 is 50.6 Å². The maximum atomic E-state index is 13.5. The molecule has 2 aromatic carbocycles. The molecule has 128 valence electrons. The zero-order chi connectivity index (χ0) is 17.9. The second kappa shape index (κ2) is 6.97. The molecule has 0 radical (unpaired) electrons. The van der Waals surface area contributed by atoms with E-state index in [0.717, 1.165) is 12.1 Å². The number of amides is 1. The molecule has 2 rings (SSSR count). The van der Waals surface area contributed by atoms with Gasteiger partial charge in [-0.05, 0) is 24.3 Å². The van der Waals surface area contributed by atoms with Crippen molar-refractivity contribution >= 4 is 21.6 Å². The van der Waals surface area contributed by atoms with Gasteiger partial charge in [0.2, 0.25) is 15.9 Å². The number of nitrogens with one attached hydrogen (secondary N) is 2. The second-order valence-corrected chi connectivity index (χ2v) is 6.32. The number of sulfonamides is 1. The van der Waals surface area contributed by atoms with E-state index in [1.807, 2.05) is 0 Å². The third-order valence-corrected chi connectivity index (χ3v) is 4.21. The van der Waals surface area contributed by atoms with Crippen LogP contribution >= 0.6 is 0 Å². The summed E-state index contributed by atoms with van der Waals surface area (Å²) in [5.41, 5.74) is 0.0817. The predicted octanol–water partition coefficient (Wildman–Crippen LogP) is 2.16. The molecule has 0 aliphatic carbocycles. The topological polar surface area (TPSA) is 75.3 Å². The van der Waals surface area contributed by atoms with Gasteiger partial charge < -0.3 is 5.32 Å². The van der Waals surface area contributed by atoms with Crippen molar-refractivity contribution < 1.29 is 30.8 Å². The molecule has 0 aliphatic rings. The van der Waals surface area contributed by atoms with E-state index in [1.54, 1.807) is 4.72 Å². The molecule has 0 bridgehead atoms. The fraction of sp³-hybridized carbons (Fsp3) is 0.0714. The SMILES string of the molecule is O=C(CNS(=O)(=O)c1cc(F)c(F)cc1F)Nc1cccc(F)c1. The highest BCUT2D eigenvalue weighted by molar-refractivity contribution is 7.89. The summed E-state index contributed by atoms with van der Waals surface area (Å²) in [5, 5.41) is 2.21. The highest BCUT2D eigenvalue weighted by atomic mass is 32.2. The summed E-state index contributed by atoms with van der Waals surface area (Å²) in [6, 6.07) is 5.08.